The molecule has 0 saturated heterocycles. The predicted octanol–water partition coefficient (Wildman–Crippen LogP) is 1.61. The van der Waals surface area contributed by atoms with Gasteiger partial charge in [0.15, 0.2) is 6.61 Å². The van der Waals surface area contributed by atoms with Crippen molar-refractivity contribution in [2.75, 3.05) is 18.5 Å². The minimum Gasteiger partial charge on any atom is -0.484 e. The summed E-state index contributed by atoms with van der Waals surface area (Å²) < 4.78 is 5.32. The number of nitrogens with two attached hydrogens (primary N) is 1. The smallest absolute Gasteiger partial charge is 0.265 e. The highest BCUT2D eigenvalue weighted by Crippen LogP contribution is 2.19. The minimum absolute atomic E-state index is 0.0648. The van der Waals surface area contributed by atoms with Gasteiger partial charge in [-0.15, -0.1) is 11.3 Å². The number of amides is 3. The lowest BCUT2D eigenvalue weighted by molar-refractivity contribution is -0.122. The van der Waals surface area contributed by atoms with Gasteiger partial charge in [-0.25, -0.2) is 0 Å². The number of nitrogens with one attached hydrogen (secondary N) is 2. The molecular formula is C16H17N3O4S. The SMILES string of the molecule is CCNC(=O)COc1ccc(NC(=O)c2ccc(C(N)=O)s2)cc1. The van der Waals surface area contributed by atoms with Crippen LogP contribution >= 0.6 is 11.3 Å². The summed E-state index contributed by atoms with van der Waals surface area (Å²) in [6.07, 6.45) is 0. The zero-order valence-corrected chi connectivity index (χ0v) is 13.8. The molecule has 3 amide bonds. The molecule has 0 spiro atoms. The zero-order chi connectivity index (χ0) is 17.5. The fraction of sp³-hybridized carbons (Fsp3) is 0.188. The molecule has 0 aliphatic rings. The molecule has 0 atom stereocenters. The Labute approximate surface area is 142 Å². The van der Waals surface area contributed by atoms with Gasteiger partial charge in [0, 0.05) is 12.2 Å². The number of anilines is 1. The molecule has 0 aliphatic carbocycles. The molecule has 126 valence electrons. The van der Waals surface area contributed by atoms with Crippen LogP contribution < -0.4 is 21.1 Å². The molecule has 8 heteroatoms. The number of carbonyl (C=O) groups is 3. The summed E-state index contributed by atoms with van der Waals surface area (Å²) in [7, 11) is 0. The molecule has 24 heavy (non-hydrogen) atoms. The molecule has 2 aromatic rings. The van der Waals surface area contributed by atoms with Crippen LogP contribution in [0.3, 0.4) is 0 Å². The Morgan fingerprint density at radius 1 is 1.08 bits per heavy atom. The van der Waals surface area contributed by atoms with Crippen LogP contribution in [0.15, 0.2) is 36.4 Å². The van der Waals surface area contributed by atoms with Crippen molar-refractivity contribution in [1.82, 2.24) is 5.32 Å². The van der Waals surface area contributed by atoms with Gasteiger partial charge in [0.05, 0.1) is 9.75 Å². The largest absolute Gasteiger partial charge is 0.484 e. The summed E-state index contributed by atoms with van der Waals surface area (Å²) >= 11 is 1.03. The number of hydrogen-bond donors (Lipinski definition) is 3. The summed E-state index contributed by atoms with van der Waals surface area (Å²) in [5, 5.41) is 5.34. The van der Waals surface area contributed by atoms with Crippen LogP contribution in [0, 0.1) is 0 Å². The van der Waals surface area contributed by atoms with Gasteiger partial charge >= 0.3 is 0 Å². The fourth-order valence-electron chi connectivity index (χ4n) is 1.82. The zero-order valence-electron chi connectivity index (χ0n) is 13.0. The lowest BCUT2D eigenvalue weighted by Gasteiger charge is -2.08. The van der Waals surface area contributed by atoms with Crippen LogP contribution in [-0.4, -0.2) is 30.9 Å². The van der Waals surface area contributed by atoms with Gasteiger partial charge in [-0.3, -0.25) is 14.4 Å². The Morgan fingerprint density at radius 2 is 1.75 bits per heavy atom. The number of hydrogen-bond acceptors (Lipinski definition) is 5. The second-order valence-electron chi connectivity index (χ2n) is 4.75. The summed E-state index contributed by atoms with van der Waals surface area (Å²) in [6.45, 7) is 2.31. The molecular weight excluding hydrogens is 330 g/mol. The van der Waals surface area contributed by atoms with Gasteiger partial charge in [-0.1, -0.05) is 0 Å². The van der Waals surface area contributed by atoms with Crippen molar-refractivity contribution < 1.29 is 19.1 Å². The third kappa shape index (κ3) is 4.82. The average Bonchev–Trinajstić information content (AvgIpc) is 3.05. The number of benzene rings is 1. The van der Waals surface area contributed by atoms with E-state index in [2.05, 4.69) is 10.6 Å². The third-order valence-electron chi connectivity index (χ3n) is 2.93. The van der Waals surface area contributed by atoms with Crippen molar-refractivity contribution >= 4 is 34.7 Å². The van der Waals surface area contributed by atoms with Gasteiger partial charge in [-0.2, -0.15) is 0 Å². The quantitative estimate of drug-likeness (QED) is 0.706. The van der Waals surface area contributed by atoms with Gasteiger partial charge < -0.3 is 21.1 Å². The van der Waals surface area contributed by atoms with Crippen molar-refractivity contribution in [1.29, 1.82) is 0 Å². The normalized spacial score (nSPS) is 10.0. The van der Waals surface area contributed by atoms with Gasteiger partial charge in [0.2, 0.25) is 0 Å². The molecule has 1 heterocycles. The van der Waals surface area contributed by atoms with Crippen LogP contribution in [0.1, 0.15) is 26.3 Å². The first-order chi connectivity index (χ1) is 11.5. The Balaban J connectivity index is 1.92. The number of carbonyl (C=O) groups excluding carboxylic acids is 3. The third-order valence-corrected chi connectivity index (χ3v) is 4.03. The number of rotatable bonds is 7. The Morgan fingerprint density at radius 3 is 2.33 bits per heavy atom. The van der Waals surface area contributed by atoms with Crippen LogP contribution in [0.5, 0.6) is 5.75 Å². The fourth-order valence-corrected chi connectivity index (χ4v) is 2.57. The van der Waals surface area contributed by atoms with Crippen LogP contribution in [0.4, 0.5) is 5.69 Å². The lowest BCUT2D eigenvalue weighted by atomic mass is 10.3. The molecule has 4 N–H and O–H groups in total. The molecule has 0 unspecified atom stereocenters. The monoisotopic (exact) mass is 347 g/mol. The highest BCUT2D eigenvalue weighted by atomic mass is 32.1. The first kappa shape index (κ1) is 17.5. The van der Waals surface area contributed by atoms with Crippen molar-refractivity contribution in [2.24, 2.45) is 5.73 Å². The van der Waals surface area contributed by atoms with E-state index in [1.54, 1.807) is 30.3 Å². The van der Waals surface area contributed by atoms with E-state index in [1.807, 2.05) is 6.92 Å². The summed E-state index contributed by atoms with van der Waals surface area (Å²) in [6, 6.07) is 9.68. The number of primary amides is 1. The maximum absolute atomic E-state index is 12.1. The van der Waals surface area contributed by atoms with E-state index in [9.17, 15) is 14.4 Å². The highest BCUT2D eigenvalue weighted by molar-refractivity contribution is 7.16. The lowest BCUT2D eigenvalue weighted by Crippen LogP contribution is -2.28. The van der Waals surface area contributed by atoms with E-state index in [4.69, 9.17) is 10.5 Å². The number of thiophene rings is 1. The molecule has 1 aromatic carbocycles. The summed E-state index contributed by atoms with van der Waals surface area (Å²) in [5.41, 5.74) is 5.73. The molecule has 7 nitrogen and oxygen atoms in total. The number of likely N-dealkylation sites (N-methyl/N-ethyl adjacent to an activating group) is 1. The average molecular weight is 347 g/mol. The predicted molar refractivity (Wildman–Crippen MR) is 91.4 cm³/mol. The van der Waals surface area contributed by atoms with Crippen LogP contribution in [0.2, 0.25) is 0 Å². The molecule has 0 radical (unpaired) electrons. The van der Waals surface area contributed by atoms with E-state index in [-0.39, 0.29) is 18.4 Å². The first-order valence-corrected chi connectivity index (χ1v) is 8.01. The van der Waals surface area contributed by atoms with E-state index in [0.717, 1.165) is 11.3 Å². The van der Waals surface area contributed by atoms with Gasteiger partial charge in [0.25, 0.3) is 17.7 Å². The molecule has 0 saturated carbocycles. The van der Waals surface area contributed by atoms with Crippen LogP contribution in [-0.2, 0) is 4.79 Å². The van der Waals surface area contributed by atoms with Gasteiger partial charge in [0.1, 0.15) is 5.75 Å². The van der Waals surface area contributed by atoms with Crippen molar-refractivity contribution in [3.05, 3.63) is 46.2 Å². The van der Waals surface area contributed by atoms with E-state index in [1.165, 1.54) is 6.07 Å². The van der Waals surface area contributed by atoms with E-state index >= 15 is 0 Å². The number of ether oxygens (including phenoxy) is 1. The Bertz CT molecular complexity index is 740. The molecule has 0 aliphatic heterocycles. The van der Waals surface area contributed by atoms with Crippen molar-refractivity contribution in [2.45, 2.75) is 6.92 Å². The molecule has 0 fully saturated rings. The minimum atomic E-state index is -0.562. The maximum atomic E-state index is 12.1. The van der Waals surface area contributed by atoms with E-state index in [0.29, 0.717) is 27.7 Å². The second-order valence-corrected chi connectivity index (χ2v) is 5.83. The topological polar surface area (TPSA) is 111 Å². The Hall–Kier alpha value is -2.87. The standard InChI is InChI=1S/C16H17N3O4S/c1-2-18-14(20)9-23-11-5-3-10(4-6-11)19-16(22)13-8-7-12(24-13)15(17)21/h3-8H,2,9H2,1H3,(H2,17,21)(H,18,20)(H,19,22). The summed E-state index contributed by atoms with van der Waals surface area (Å²) in [4.78, 5) is 35.2. The van der Waals surface area contributed by atoms with E-state index < -0.39 is 5.91 Å². The molecule has 0 bridgehead atoms. The Kier molecular flexibility index (Phi) is 5.91. The first-order valence-electron chi connectivity index (χ1n) is 7.20. The van der Waals surface area contributed by atoms with Crippen molar-refractivity contribution in [3.8, 4) is 5.75 Å². The summed E-state index contributed by atoms with van der Waals surface area (Å²) in [5.74, 6) is -0.569. The highest BCUT2D eigenvalue weighted by Gasteiger charge is 2.12. The molecule has 2 rings (SSSR count). The van der Waals surface area contributed by atoms with Gasteiger partial charge in [-0.05, 0) is 43.3 Å². The van der Waals surface area contributed by atoms with Crippen LogP contribution in [0.25, 0.3) is 0 Å². The molecule has 1 aromatic heterocycles. The maximum Gasteiger partial charge on any atom is 0.265 e. The second kappa shape index (κ2) is 8.11. The van der Waals surface area contributed by atoms with Crippen molar-refractivity contribution in [3.63, 3.8) is 0 Å².